The Labute approximate surface area is 196 Å². The van der Waals surface area contributed by atoms with Crippen LogP contribution in [0, 0.1) is 10.8 Å². The number of fused-ring (bicyclic) bond motifs is 2. The number of dihydropyridines is 1. The van der Waals surface area contributed by atoms with Crippen LogP contribution >= 0.6 is 0 Å². The third-order valence-corrected chi connectivity index (χ3v) is 9.08. The van der Waals surface area contributed by atoms with E-state index in [0.717, 1.165) is 16.8 Å². The summed E-state index contributed by atoms with van der Waals surface area (Å²) in [5, 5.41) is 11.8. The summed E-state index contributed by atoms with van der Waals surface area (Å²) >= 11 is 0. The smallest absolute Gasteiger partial charge is 0.387 e. The SMILES string of the molecule is CC1(C)CC(=O)C2=C(C1)NC1=C(CN=N1)C21CCN(S(=O)(=O)c2ccccc2OC(F)F)CC1. The number of Topliss-reactive ketones (excluding diaryl/α,β-unsaturated/α-hetero) is 1. The summed E-state index contributed by atoms with van der Waals surface area (Å²) in [6.45, 7) is 1.61. The number of sulfonamides is 1. The number of ketones is 1. The third kappa shape index (κ3) is 3.65. The molecule has 1 aromatic carbocycles. The molecule has 1 N–H and O–H groups in total. The number of carbonyl (C=O) groups excluding carboxylic acids is 1. The molecule has 4 aliphatic rings. The molecule has 1 aromatic rings. The van der Waals surface area contributed by atoms with E-state index in [1.807, 2.05) is 0 Å². The quantitative estimate of drug-likeness (QED) is 0.685. The van der Waals surface area contributed by atoms with Gasteiger partial charge in [-0.15, -0.1) is 5.11 Å². The van der Waals surface area contributed by atoms with Crippen molar-refractivity contribution in [2.24, 2.45) is 21.1 Å². The highest BCUT2D eigenvalue weighted by Crippen LogP contribution is 2.55. The molecule has 0 radical (unpaired) electrons. The van der Waals surface area contributed by atoms with Crippen LogP contribution in [-0.4, -0.2) is 44.8 Å². The fourth-order valence-electron chi connectivity index (χ4n) is 5.72. The highest BCUT2D eigenvalue weighted by atomic mass is 32.2. The van der Waals surface area contributed by atoms with Gasteiger partial charge in [0.25, 0.3) is 0 Å². The van der Waals surface area contributed by atoms with Crippen molar-refractivity contribution in [2.45, 2.75) is 51.0 Å². The number of nitrogens with zero attached hydrogens (tertiary/aromatic N) is 3. The van der Waals surface area contributed by atoms with Crippen LogP contribution in [-0.2, 0) is 14.8 Å². The maximum Gasteiger partial charge on any atom is 0.387 e. The number of alkyl halides is 2. The molecule has 1 aliphatic carbocycles. The molecule has 0 atom stereocenters. The van der Waals surface area contributed by atoms with Crippen molar-refractivity contribution < 1.29 is 26.7 Å². The first kappa shape index (κ1) is 23.1. The van der Waals surface area contributed by atoms with E-state index >= 15 is 0 Å². The average Bonchev–Trinajstić information content (AvgIpc) is 3.22. The Kier molecular flexibility index (Phi) is 5.40. The van der Waals surface area contributed by atoms with Gasteiger partial charge in [-0.05, 0) is 36.8 Å². The molecule has 3 aliphatic heterocycles. The number of azo groups is 1. The van der Waals surface area contributed by atoms with Crippen molar-refractivity contribution in [1.29, 1.82) is 0 Å². The van der Waals surface area contributed by atoms with Crippen LogP contribution in [0.5, 0.6) is 5.75 Å². The second kappa shape index (κ2) is 7.94. The lowest BCUT2D eigenvalue weighted by Gasteiger charge is -2.48. The zero-order valence-electron chi connectivity index (χ0n) is 19.0. The van der Waals surface area contributed by atoms with Gasteiger partial charge in [0.15, 0.2) is 11.6 Å². The van der Waals surface area contributed by atoms with E-state index in [-0.39, 0.29) is 34.9 Å². The van der Waals surface area contributed by atoms with Gasteiger partial charge < -0.3 is 10.1 Å². The van der Waals surface area contributed by atoms with Crippen molar-refractivity contribution in [1.82, 2.24) is 9.62 Å². The van der Waals surface area contributed by atoms with E-state index in [1.165, 1.54) is 28.6 Å². The number of para-hydroxylation sites is 1. The first-order chi connectivity index (χ1) is 16.0. The van der Waals surface area contributed by atoms with Gasteiger partial charge in [0, 0.05) is 41.8 Å². The van der Waals surface area contributed by atoms with Gasteiger partial charge in [0.2, 0.25) is 10.0 Å². The summed E-state index contributed by atoms with van der Waals surface area (Å²) < 4.78 is 58.2. The molecule has 3 heterocycles. The third-order valence-electron chi connectivity index (χ3n) is 7.14. The maximum atomic E-state index is 13.4. The van der Waals surface area contributed by atoms with Crippen molar-refractivity contribution in [3.05, 3.63) is 46.9 Å². The fourth-order valence-corrected chi connectivity index (χ4v) is 7.29. The monoisotopic (exact) mass is 492 g/mol. The molecule has 1 fully saturated rings. The van der Waals surface area contributed by atoms with Crippen molar-refractivity contribution in [2.75, 3.05) is 19.6 Å². The van der Waals surface area contributed by atoms with E-state index in [1.54, 1.807) is 0 Å². The highest BCUT2D eigenvalue weighted by Gasteiger charge is 2.53. The first-order valence-corrected chi connectivity index (χ1v) is 12.7. The van der Waals surface area contributed by atoms with Crippen LogP contribution in [0.1, 0.15) is 39.5 Å². The lowest BCUT2D eigenvalue weighted by molar-refractivity contribution is -0.119. The van der Waals surface area contributed by atoms with E-state index in [9.17, 15) is 22.0 Å². The van der Waals surface area contributed by atoms with E-state index < -0.39 is 22.0 Å². The van der Waals surface area contributed by atoms with Gasteiger partial charge >= 0.3 is 6.61 Å². The molecule has 0 aromatic heterocycles. The zero-order chi connectivity index (χ0) is 24.3. The molecule has 0 amide bonds. The van der Waals surface area contributed by atoms with Crippen LogP contribution < -0.4 is 10.1 Å². The summed E-state index contributed by atoms with van der Waals surface area (Å²) in [7, 11) is -4.08. The largest absolute Gasteiger partial charge is 0.433 e. The minimum Gasteiger partial charge on any atom is -0.433 e. The molecule has 0 saturated carbocycles. The molecule has 8 nitrogen and oxygen atoms in total. The molecule has 1 spiro atoms. The minimum atomic E-state index is -4.08. The normalized spacial score (nSPS) is 23.9. The Morgan fingerprint density at radius 3 is 2.56 bits per heavy atom. The molecule has 34 heavy (non-hydrogen) atoms. The average molecular weight is 493 g/mol. The number of hydrogen-bond acceptors (Lipinski definition) is 7. The van der Waals surface area contributed by atoms with E-state index in [0.29, 0.717) is 38.0 Å². The molecule has 0 bridgehead atoms. The number of carbonyl (C=O) groups is 1. The Morgan fingerprint density at radius 2 is 1.85 bits per heavy atom. The fraction of sp³-hybridized carbons (Fsp3) is 0.522. The Morgan fingerprint density at radius 1 is 1.15 bits per heavy atom. The highest BCUT2D eigenvalue weighted by molar-refractivity contribution is 7.89. The van der Waals surface area contributed by atoms with Crippen molar-refractivity contribution in [3.8, 4) is 5.75 Å². The number of allylic oxidation sites excluding steroid dienone is 2. The summed E-state index contributed by atoms with van der Waals surface area (Å²) in [6, 6.07) is 5.41. The van der Waals surface area contributed by atoms with Crippen LogP contribution in [0.2, 0.25) is 0 Å². The molecular weight excluding hydrogens is 466 g/mol. The molecule has 5 rings (SSSR count). The second-order valence-electron chi connectivity index (χ2n) is 9.96. The van der Waals surface area contributed by atoms with Gasteiger partial charge in [-0.25, -0.2) is 8.42 Å². The number of halogens is 2. The van der Waals surface area contributed by atoms with Gasteiger partial charge in [-0.1, -0.05) is 26.0 Å². The standard InChI is InChI=1S/C23H26F2N4O4S/c1-22(2)11-15-19(16(30)12-22)23(14-13-26-28-20(14)27-15)7-9-29(10-8-23)34(31,32)18-6-4-3-5-17(18)33-21(24)25/h3-6,21,27H,7-13H2,1-2H3. The molecule has 1 saturated heterocycles. The summed E-state index contributed by atoms with van der Waals surface area (Å²) in [4.78, 5) is 13.1. The number of ether oxygens (including phenoxy) is 1. The Balaban J connectivity index is 1.48. The van der Waals surface area contributed by atoms with Crippen LogP contribution in [0.4, 0.5) is 8.78 Å². The van der Waals surface area contributed by atoms with Gasteiger partial charge in [0.05, 0.1) is 6.54 Å². The number of rotatable bonds is 4. The molecule has 11 heteroatoms. The van der Waals surface area contributed by atoms with Crippen LogP contribution in [0.15, 0.2) is 62.1 Å². The lowest BCUT2D eigenvalue weighted by Crippen LogP contribution is -2.50. The predicted molar refractivity (Wildman–Crippen MR) is 118 cm³/mol. The Hall–Kier alpha value is -2.66. The summed E-state index contributed by atoms with van der Waals surface area (Å²) in [5.41, 5.74) is 1.70. The number of benzene rings is 1. The molecule has 0 unspecified atom stereocenters. The summed E-state index contributed by atoms with van der Waals surface area (Å²) in [6.07, 6.45) is 1.90. The number of hydrogen-bond donors (Lipinski definition) is 1. The van der Waals surface area contributed by atoms with Crippen LogP contribution in [0.3, 0.4) is 0 Å². The van der Waals surface area contributed by atoms with Gasteiger partial charge in [-0.2, -0.15) is 18.2 Å². The first-order valence-electron chi connectivity index (χ1n) is 11.2. The van der Waals surface area contributed by atoms with Crippen molar-refractivity contribution >= 4 is 15.8 Å². The second-order valence-corrected chi connectivity index (χ2v) is 11.9. The maximum absolute atomic E-state index is 13.4. The van der Waals surface area contributed by atoms with Crippen molar-refractivity contribution in [3.63, 3.8) is 0 Å². The Bertz CT molecular complexity index is 1250. The minimum absolute atomic E-state index is 0.0733. The van der Waals surface area contributed by atoms with Crippen LogP contribution in [0.25, 0.3) is 0 Å². The van der Waals surface area contributed by atoms with E-state index in [4.69, 9.17) is 0 Å². The predicted octanol–water partition coefficient (Wildman–Crippen LogP) is 3.98. The lowest BCUT2D eigenvalue weighted by atomic mass is 9.60. The summed E-state index contributed by atoms with van der Waals surface area (Å²) in [5.74, 6) is 0.355. The number of nitrogens with one attached hydrogen (secondary N) is 1. The molecular formula is C23H26F2N4O4S. The van der Waals surface area contributed by atoms with Gasteiger partial charge in [-0.3, -0.25) is 4.79 Å². The van der Waals surface area contributed by atoms with Gasteiger partial charge in [0.1, 0.15) is 10.6 Å². The van der Waals surface area contributed by atoms with E-state index in [2.05, 4.69) is 34.1 Å². The zero-order valence-corrected chi connectivity index (χ0v) is 19.8. The molecule has 182 valence electrons. The number of piperidine rings is 1. The topological polar surface area (TPSA) is 100 Å².